The standard InChI is InChI=1S/C17H22N4O4/c1-4-21-14-13(15(22)19-17(21)24)11(9-12(18-14)10(2)3)16(23)20-5-7-25-8-6-20/h9-10H,4-8H2,1-3H3,(H,19,22,24). The van der Waals surface area contributed by atoms with Crippen molar-refractivity contribution in [2.24, 2.45) is 0 Å². The lowest BCUT2D eigenvalue weighted by atomic mass is 10.0. The van der Waals surface area contributed by atoms with Gasteiger partial charge in [-0.15, -0.1) is 0 Å². The fourth-order valence-electron chi connectivity index (χ4n) is 2.99. The van der Waals surface area contributed by atoms with Crippen LogP contribution in [-0.4, -0.2) is 51.6 Å². The normalized spacial score (nSPS) is 15.1. The van der Waals surface area contributed by atoms with Crippen LogP contribution in [-0.2, 0) is 11.3 Å². The number of aromatic amines is 1. The fraction of sp³-hybridized carbons (Fsp3) is 0.529. The van der Waals surface area contributed by atoms with E-state index in [2.05, 4.69) is 9.97 Å². The average molecular weight is 346 g/mol. The Morgan fingerprint density at radius 3 is 2.60 bits per heavy atom. The molecule has 1 N–H and O–H groups in total. The van der Waals surface area contributed by atoms with Gasteiger partial charge in [-0.3, -0.25) is 19.1 Å². The minimum atomic E-state index is -0.580. The summed E-state index contributed by atoms with van der Waals surface area (Å²) >= 11 is 0. The molecular weight excluding hydrogens is 324 g/mol. The van der Waals surface area contributed by atoms with E-state index in [0.717, 1.165) is 0 Å². The van der Waals surface area contributed by atoms with Gasteiger partial charge in [-0.25, -0.2) is 9.78 Å². The number of carbonyl (C=O) groups is 1. The number of rotatable bonds is 3. The summed E-state index contributed by atoms with van der Waals surface area (Å²) in [4.78, 5) is 46.1. The molecule has 2 aromatic heterocycles. The molecule has 0 bridgehead atoms. The van der Waals surface area contributed by atoms with Gasteiger partial charge in [0, 0.05) is 25.3 Å². The van der Waals surface area contributed by atoms with Gasteiger partial charge < -0.3 is 9.64 Å². The molecule has 0 radical (unpaired) electrons. The Kier molecular flexibility index (Phi) is 4.71. The molecule has 134 valence electrons. The van der Waals surface area contributed by atoms with Gasteiger partial charge in [0.1, 0.15) is 0 Å². The Morgan fingerprint density at radius 1 is 1.32 bits per heavy atom. The van der Waals surface area contributed by atoms with E-state index >= 15 is 0 Å². The summed E-state index contributed by atoms with van der Waals surface area (Å²) < 4.78 is 6.68. The van der Waals surface area contributed by atoms with Crippen molar-refractivity contribution >= 4 is 16.9 Å². The quantitative estimate of drug-likeness (QED) is 0.882. The highest BCUT2D eigenvalue weighted by Crippen LogP contribution is 2.21. The van der Waals surface area contributed by atoms with E-state index in [1.165, 1.54) is 4.57 Å². The van der Waals surface area contributed by atoms with E-state index in [0.29, 0.717) is 44.1 Å². The van der Waals surface area contributed by atoms with Gasteiger partial charge >= 0.3 is 5.69 Å². The molecule has 25 heavy (non-hydrogen) atoms. The Bertz CT molecular complexity index is 923. The Balaban J connectivity index is 2.31. The van der Waals surface area contributed by atoms with Crippen molar-refractivity contribution in [3.63, 3.8) is 0 Å². The smallest absolute Gasteiger partial charge is 0.329 e. The summed E-state index contributed by atoms with van der Waals surface area (Å²) in [6.07, 6.45) is 0. The van der Waals surface area contributed by atoms with Gasteiger partial charge in [0.15, 0.2) is 5.65 Å². The Hall–Kier alpha value is -2.48. The predicted molar refractivity (Wildman–Crippen MR) is 93.1 cm³/mol. The van der Waals surface area contributed by atoms with E-state index in [9.17, 15) is 14.4 Å². The first-order valence-electron chi connectivity index (χ1n) is 8.48. The number of H-pyrrole nitrogens is 1. The van der Waals surface area contributed by atoms with Crippen molar-refractivity contribution in [2.75, 3.05) is 26.3 Å². The summed E-state index contributed by atoms with van der Waals surface area (Å²) in [5.41, 5.74) is 0.136. The highest BCUT2D eigenvalue weighted by Gasteiger charge is 2.25. The topological polar surface area (TPSA) is 97.3 Å². The fourth-order valence-corrected chi connectivity index (χ4v) is 2.99. The molecule has 0 spiro atoms. The van der Waals surface area contributed by atoms with Crippen LogP contribution in [0, 0.1) is 0 Å². The lowest BCUT2D eigenvalue weighted by Crippen LogP contribution is -2.41. The highest BCUT2D eigenvalue weighted by molar-refractivity contribution is 6.05. The first-order chi connectivity index (χ1) is 11.9. The third-order valence-corrected chi connectivity index (χ3v) is 4.40. The molecule has 1 saturated heterocycles. The lowest BCUT2D eigenvalue weighted by Gasteiger charge is -2.27. The molecule has 0 aromatic carbocycles. The van der Waals surface area contributed by atoms with Crippen LogP contribution >= 0.6 is 0 Å². The summed E-state index contributed by atoms with van der Waals surface area (Å²) in [6.45, 7) is 7.97. The molecule has 1 aliphatic heterocycles. The number of pyridine rings is 1. The van der Waals surface area contributed by atoms with Crippen molar-refractivity contribution in [1.29, 1.82) is 0 Å². The van der Waals surface area contributed by atoms with Crippen LogP contribution in [0.2, 0.25) is 0 Å². The van der Waals surface area contributed by atoms with E-state index < -0.39 is 11.2 Å². The Labute approximate surface area is 144 Å². The number of fused-ring (bicyclic) bond motifs is 1. The summed E-state index contributed by atoms with van der Waals surface area (Å²) in [5, 5.41) is 0.169. The predicted octanol–water partition coefficient (Wildman–Crippen LogP) is 0.701. The highest BCUT2D eigenvalue weighted by atomic mass is 16.5. The molecule has 8 nitrogen and oxygen atoms in total. The second-order valence-electron chi connectivity index (χ2n) is 6.36. The van der Waals surface area contributed by atoms with Crippen molar-refractivity contribution in [3.8, 4) is 0 Å². The van der Waals surface area contributed by atoms with E-state index in [4.69, 9.17) is 4.74 Å². The van der Waals surface area contributed by atoms with Crippen LogP contribution < -0.4 is 11.2 Å². The third kappa shape index (κ3) is 3.09. The monoisotopic (exact) mass is 346 g/mol. The van der Waals surface area contributed by atoms with Gasteiger partial charge in [-0.2, -0.15) is 0 Å². The molecule has 3 rings (SSSR count). The maximum atomic E-state index is 13.0. The number of aryl methyl sites for hydroxylation is 1. The van der Waals surface area contributed by atoms with Gasteiger partial charge in [-0.1, -0.05) is 13.8 Å². The molecule has 0 atom stereocenters. The van der Waals surface area contributed by atoms with E-state index in [1.807, 2.05) is 13.8 Å². The van der Waals surface area contributed by atoms with Crippen molar-refractivity contribution in [1.82, 2.24) is 19.4 Å². The van der Waals surface area contributed by atoms with Crippen LogP contribution in [0.25, 0.3) is 11.0 Å². The van der Waals surface area contributed by atoms with Crippen LogP contribution in [0.3, 0.4) is 0 Å². The van der Waals surface area contributed by atoms with Crippen molar-refractivity contribution in [2.45, 2.75) is 33.2 Å². The molecule has 0 unspecified atom stereocenters. The van der Waals surface area contributed by atoms with E-state index in [1.54, 1.807) is 17.9 Å². The molecular formula is C17H22N4O4. The molecule has 8 heteroatoms. The first kappa shape index (κ1) is 17.3. The molecule has 1 aliphatic rings. The maximum Gasteiger partial charge on any atom is 0.329 e. The number of carbonyl (C=O) groups excluding carboxylic acids is 1. The van der Waals surface area contributed by atoms with Crippen molar-refractivity contribution < 1.29 is 9.53 Å². The summed E-state index contributed by atoms with van der Waals surface area (Å²) in [7, 11) is 0. The maximum absolute atomic E-state index is 13.0. The van der Waals surface area contributed by atoms with Crippen LogP contribution in [0.4, 0.5) is 0 Å². The van der Waals surface area contributed by atoms with Gasteiger partial charge in [0.2, 0.25) is 0 Å². The average Bonchev–Trinajstić information content (AvgIpc) is 2.61. The largest absolute Gasteiger partial charge is 0.378 e. The van der Waals surface area contributed by atoms with Crippen LogP contribution in [0.15, 0.2) is 15.7 Å². The van der Waals surface area contributed by atoms with Crippen LogP contribution in [0.5, 0.6) is 0 Å². The number of hydrogen-bond acceptors (Lipinski definition) is 5. The molecule has 0 aliphatic carbocycles. The van der Waals surface area contributed by atoms with Gasteiger partial charge in [-0.05, 0) is 18.9 Å². The summed E-state index contributed by atoms with van der Waals surface area (Å²) in [6, 6.07) is 1.67. The lowest BCUT2D eigenvalue weighted by molar-refractivity contribution is 0.0304. The SMILES string of the molecule is CCn1c(=O)[nH]c(=O)c2c(C(=O)N3CCOCC3)cc(C(C)C)nc21. The molecule has 3 heterocycles. The number of amides is 1. The number of ether oxygens (including phenoxy) is 1. The number of nitrogens with zero attached hydrogens (tertiary/aromatic N) is 3. The zero-order valence-corrected chi connectivity index (χ0v) is 14.7. The number of nitrogens with one attached hydrogen (secondary N) is 1. The molecule has 2 aromatic rings. The molecule has 1 fully saturated rings. The number of aromatic nitrogens is 3. The first-order valence-corrected chi connectivity index (χ1v) is 8.48. The van der Waals surface area contributed by atoms with Crippen LogP contribution in [0.1, 0.15) is 42.7 Å². The van der Waals surface area contributed by atoms with Gasteiger partial charge in [0.25, 0.3) is 11.5 Å². The second-order valence-corrected chi connectivity index (χ2v) is 6.36. The molecule has 1 amide bonds. The number of hydrogen-bond donors (Lipinski definition) is 1. The zero-order valence-electron chi connectivity index (χ0n) is 14.7. The summed E-state index contributed by atoms with van der Waals surface area (Å²) in [5.74, 6) is -0.176. The third-order valence-electron chi connectivity index (χ3n) is 4.40. The number of morpholine rings is 1. The Morgan fingerprint density at radius 2 is 2.00 bits per heavy atom. The molecule has 0 saturated carbocycles. The minimum absolute atomic E-state index is 0.0559. The zero-order chi connectivity index (χ0) is 18.1. The van der Waals surface area contributed by atoms with Crippen molar-refractivity contribution in [3.05, 3.63) is 38.2 Å². The minimum Gasteiger partial charge on any atom is -0.378 e. The van der Waals surface area contributed by atoms with E-state index in [-0.39, 0.29) is 22.9 Å². The van der Waals surface area contributed by atoms with Gasteiger partial charge in [0.05, 0.1) is 24.2 Å². The second kappa shape index (κ2) is 6.79.